The molecule has 3 amide bonds. The van der Waals surface area contributed by atoms with Crippen molar-refractivity contribution >= 4 is 17.9 Å². The number of hydrogen-bond acceptors (Lipinski definition) is 4. The average molecular weight is 289 g/mol. The summed E-state index contributed by atoms with van der Waals surface area (Å²) >= 11 is 0. The van der Waals surface area contributed by atoms with Crippen molar-refractivity contribution in [1.29, 1.82) is 0 Å². The van der Waals surface area contributed by atoms with Crippen LogP contribution in [0.3, 0.4) is 0 Å². The molecule has 8 nitrogen and oxygen atoms in total. The van der Waals surface area contributed by atoms with Crippen LogP contribution >= 0.6 is 0 Å². The number of methoxy groups -OCH3 is 1. The molecule has 0 aromatic rings. The van der Waals surface area contributed by atoms with Crippen molar-refractivity contribution < 1.29 is 24.2 Å². The van der Waals surface area contributed by atoms with Gasteiger partial charge in [-0.15, -0.1) is 0 Å². The Morgan fingerprint density at radius 2 is 1.95 bits per heavy atom. The van der Waals surface area contributed by atoms with Gasteiger partial charge in [-0.2, -0.15) is 0 Å². The number of aliphatic carboxylic acids is 1. The van der Waals surface area contributed by atoms with Crippen LogP contribution < -0.4 is 5.32 Å². The normalized spacial score (nSPS) is 11.6. The van der Waals surface area contributed by atoms with Crippen molar-refractivity contribution in [2.45, 2.75) is 6.92 Å². The quantitative estimate of drug-likeness (QED) is 0.625. The van der Waals surface area contributed by atoms with Gasteiger partial charge in [0, 0.05) is 34.3 Å². The van der Waals surface area contributed by atoms with Crippen LogP contribution in [0.5, 0.6) is 0 Å². The smallest absolute Gasteiger partial charge is 0.323 e. The standard InChI is InChI=1S/C12H23N3O5/c1-9(11(18)13-2)7-14(3)12(19)15(5-6-20-4)8-10(16)17/h9H,5-8H2,1-4H3,(H,13,18)(H,16,17). The summed E-state index contributed by atoms with van der Waals surface area (Å²) in [5.74, 6) is -1.64. The van der Waals surface area contributed by atoms with Gasteiger partial charge in [0.1, 0.15) is 6.54 Å². The van der Waals surface area contributed by atoms with Gasteiger partial charge in [0.2, 0.25) is 5.91 Å². The molecule has 0 aliphatic rings. The third-order valence-corrected chi connectivity index (χ3v) is 2.73. The van der Waals surface area contributed by atoms with Crippen LogP contribution in [0.4, 0.5) is 4.79 Å². The molecule has 0 heterocycles. The fraction of sp³-hybridized carbons (Fsp3) is 0.750. The molecule has 0 aromatic heterocycles. The first-order chi connectivity index (χ1) is 9.33. The summed E-state index contributed by atoms with van der Waals surface area (Å²) in [6.45, 7) is 1.93. The SMILES string of the molecule is CNC(=O)C(C)CN(C)C(=O)N(CCOC)CC(=O)O. The van der Waals surface area contributed by atoms with Crippen LogP contribution in [0.1, 0.15) is 6.92 Å². The fourth-order valence-corrected chi connectivity index (χ4v) is 1.67. The summed E-state index contributed by atoms with van der Waals surface area (Å²) in [5, 5.41) is 11.3. The van der Waals surface area contributed by atoms with Gasteiger partial charge in [-0.05, 0) is 0 Å². The van der Waals surface area contributed by atoms with Crippen molar-refractivity contribution in [3.8, 4) is 0 Å². The minimum absolute atomic E-state index is 0.175. The number of ether oxygens (including phenoxy) is 1. The summed E-state index contributed by atoms with van der Waals surface area (Å²) < 4.78 is 4.85. The second-order valence-corrected chi connectivity index (χ2v) is 4.49. The molecular weight excluding hydrogens is 266 g/mol. The molecule has 2 N–H and O–H groups in total. The van der Waals surface area contributed by atoms with E-state index in [0.717, 1.165) is 0 Å². The van der Waals surface area contributed by atoms with E-state index in [0.29, 0.717) is 0 Å². The van der Waals surface area contributed by atoms with E-state index in [9.17, 15) is 14.4 Å². The highest BCUT2D eigenvalue weighted by atomic mass is 16.5. The molecule has 0 radical (unpaired) electrons. The van der Waals surface area contributed by atoms with Crippen molar-refractivity contribution in [2.24, 2.45) is 5.92 Å². The molecule has 0 saturated heterocycles. The van der Waals surface area contributed by atoms with Gasteiger partial charge >= 0.3 is 12.0 Å². The van der Waals surface area contributed by atoms with Crippen LogP contribution in [0.15, 0.2) is 0 Å². The predicted molar refractivity (Wildman–Crippen MR) is 72.3 cm³/mol. The summed E-state index contributed by atoms with van der Waals surface area (Å²) in [4.78, 5) is 36.8. The van der Waals surface area contributed by atoms with Crippen molar-refractivity contribution in [1.82, 2.24) is 15.1 Å². The molecule has 0 aromatic carbocycles. The topological polar surface area (TPSA) is 99.2 Å². The molecule has 1 unspecified atom stereocenters. The van der Waals surface area contributed by atoms with Gasteiger partial charge in [-0.25, -0.2) is 4.79 Å². The minimum atomic E-state index is -1.10. The number of amides is 3. The van der Waals surface area contributed by atoms with E-state index in [1.165, 1.54) is 31.0 Å². The van der Waals surface area contributed by atoms with Crippen molar-refractivity contribution in [3.63, 3.8) is 0 Å². The van der Waals surface area contributed by atoms with E-state index in [1.54, 1.807) is 6.92 Å². The zero-order valence-corrected chi connectivity index (χ0v) is 12.4. The van der Waals surface area contributed by atoms with E-state index < -0.39 is 18.5 Å². The van der Waals surface area contributed by atoms with Crippen molar-refractivity contribution in [2.75, 3.05) is 47.4 Å². The first-order valence-corrected chi connectivity index (χ1v) is 6.25. The molecule has 0 fully saturated rings. The van der Waals surface area contributed by atoms with E-state index in [1.807, 2.05) is 0 Å². The van der Waals surface area contributed by atoms with E-state index in [4.69, 9.17) is 9.84 Å². The zero-order valence-electron chi connectivity index (χ0n) is 12.4. The molecule has 116 valence electrons. The number of hydrogen-bond donors (Lipinski definition) is 2. The average Bonchev–Trinajstić information content (AvgIpc) is 2.40. The summed E-state index contributed by atoms with van der Waals surface area (Å²) in [7, 11) is 4.53. The number of rotatable bonds is 8. The summed E-state index contributed by atoms with van der Waals surface area (Å²) in [6.07, 6.45) is 0. The Bertz CT molecular complexity index is 348. The third-order valence-electron chi connectivity index (χ3n) is 2.73. The summed E-state index contributed by atoms with van der Waals surface area (Å²) in [6, 6.07) is -0.444. The van der Waals surface area contributed by atoms with Gasteiger partial charge in [-0.3, -0.25) is 9.59 Å². The van der Waals surface area contributed by atoms with Gasteiger partial charge in [0.25, 0.3) is 0 Å². The molecule has 0 aliphatic carbocycles. The second kappa shape index (κ2) is 9.13. The molecule has 0 spiro atoms. The Kier molecular flexibility index (Phi) is 8.30. The molecular formula is C12H23N3O5. The molecule has 1 atom stereocenters. The predicted octanol–water partition coefficient (Wildman–Crippen LogP) is -0.547. The highest BCUT2D eigenvalue weighted by molar-refractivity contribution is 5.81. The number of carboxylic acids is 1. The number of carbonyl (C=O) groups is 3. The molecule has 0 saturated carbocycles. The van der Waals surface area contributed by atoms with Crippen molar-refractivity contribution in [3.05, 3.63) is 0 Å². The van der Waals surface area contributed by atoms with Gasteiger partial charge in [0.15, 0.2) is 0 Å². The highest BCUT2D eigenvalue weighted by Gasteiger charge is 2.23. The van der Waals surface area contributed by atoms with E-state index >= 15 is 0 Å². The Morgan fingerprint density at radius 3 is 2.40 bits per heavy atom. The largest absolute Gasteiger partial charge is 0.480 e. The second-order valence-electron chi connectivity index (χ2n) is 4.49. The van der Waals surface area contributed by atoms with Gasteiger partial charge in [-0.1, -0.05) is 6.92 Å². The maximum atomic E-state index is 12.1. The fourth-order valence-electron chi connectivity index (χ4n) is 1.67. The summed E-state index contributed by atoms with van der Waals surface area (Å²) in [5.41, 5.74) is 0. The van der Waals surface area contributed by atoms with Crippen LogP contribution in [0, 0.1) is 5.92 Å². The lowest BCUT2D eigenvalue weighted by Crippen LogP contribution is -2.47. The number of nitrogens with zero attached hydrogens (tertiary/aromatic N) is 2. The Balaban J connectivity index is 4.61. The molecule has 0 rings (SSSR count). The molecule has 8 heteroatoms. The zero-order chi connectivity index (χ0) is 15.7. The first kappa shape index (κ1) is 18.2. The molecule has 0 aliphatic heterocycles. The Hall–Kier alpha value is -1.83. The maximum absolute atomic E-state index is 12.1. The highest BCUT2D eigenvalue weighted by Crippen LogP contribution is 2.03. The van der Waals surface area contributed by atoms with E-state index in [2.05, 4.69) is 5.32 Å². The minimum Gasteiger partial charge on any atom is -0.480 e. The molecule has 0 bridgehead atoms. The monoisotopic (exact) mass is 289 g/mol. The molecule has 20 heavy (non-hydrogen) atoms. The maximum Gasteiger partial charge on any atom is 0.323 e. The number of urea groups is 1. The Morgan fingerprint density at radius 1 is 1.35 bits per heavy atom. The van der Waals surface area contributed by atoms with Crippen LogP contribution in [-0.4, -0.2) is 80.3 Å². The number of carbonyl (C=O) groups excluding carboxylic acids is 2. The first-order valence-electron chi connectivity index (χ1n) is 6.25. The van der Waals surface area contributed by atoms with Crippen LogP contribution in [0.2, 0.25) is 0 Å². The van der Waals surface area contributed by atoms with E-state index in [-0.39, 0.29) is 31.5 Å². The lowest BCUT2D eigenvalue weighted by molar-refractivity contribution is -0.138. The van der Waals surface area contributed by atoms with Gasteiger partial charge in [0.05, 0.1) is 12.5 Å². The number of nitrogens with one attached hydrogen (secondary N) is 1. The van der Waals surface area contributed by atoms with Crippen LogP contribution in [-0.2, 0) is 14.3 Å². The third kappa shape index (κ3) is 6.37. The number of carboxylic acid groups (broad SMARTS) is 1. The van der Waals surface area contributed by atoms with Crippen LogP contribution in [0.25, 0.3) is 0 Å². The lowest BCUT2D eigenvalue weighted by atomic mass is 10.1. The lowest BCUT2D eigenvalue weighted by Gasteiger charge is -2.28. The Labute approximate surface area is 118 Å². The van der Waals surface area contributed by atoms with Gasteiger partial charge < -0.3 is 25.0 Å².